The van der Waals surface area contributed by atoms with Gasteiger partial charge in [-0.2, -0.15) is 5.10 Å². The number of fused-ring (bicyclic) bond motifs is 1. The molecule has 1 atom stereocenters. The third-order valence-electron chi connectivity index (χ3n) is 4.20. The van der Waals surface area contributed by atoms with Gasteiger partial charge in [-0.1, -0.05) is 0 Å². The highest BCUT2D eigenvalue weighted by molar-refractivity contribution is 5.89. The van der Waals surface area contributed by atoms with Gasteiger partial charge in [0.2, 0.25) is 0 Å². The summed E-state index contributed by atoms with van der Waals surface area (Å²) < 4.78 is 21.0. The normalized spacial score (nSPS) is 13.0. The summed E-state index contributed by atoms with van der Waals surface area (Å²) in [7, 11) is 0. The molecular formula is C19H23FN4O2. The Morgan fingerprint density at radius 3 is 2.73 bits per heavy atom. The Morgan fingerprint density at radius 2 is 2.08 bits per heavy atom. The first-order chi connectivity index (χ1) is 12.1. The molecule has 6 nitrogen and oxygen atoms in total. The molecule has 2 N–H and O–H groups in total. The van der Waals surface area contributed by atoms with Crippen molar-refractivity contribution in [2.45, 2.75) is 46.2 Å². The molecule has 26 heavy (non-hydrogen) atoms. The minimum absolute atomic E-state index is 0.162. The molecule has 0 aliphatic carbocycles. The third kappa shape index (κ3) is 3.56. The van der Waals surface area contributed by atoms with Crippen molar-refractivity contribution in [2.75, 3.05) is 5.32 Å². The van der Waals surface area contributed by atoms with E-state index in [-0.39, 0.29) is 23.4 Å². The number of halogens is 1. The van der Waals surface area contributed by atoms with E-state index >= 15 is 0 Å². The van der Waals surface area contributed by atoms with Crippen LogP contribution in [0.2, 0.25) is 0 Å². The lowest BCUT2D eigenvalue weighted by Gasteiger charge is -2.18. The maximum atomic E-state index is 13.4. The highest BCUT2D eigenvalue weighted by atomic mass is 19.1. The second kappa shape index (κ2) is 6.48. The van der Waals surface area contributed by atoms with E-state index in [1.54, 1.807) is 23.1 Å². The van der Waals surface area contributed by atoms with Crippen molar-refractivity contribution in [3.05, 3.63) is 47.7 Å². The number of amides is 2. The number of carbonyl (C=O) groups is 1. The average Bonchev–Trinajstić information content (AvgIpc) is 3.12. The van der Waals surface area contributed by atoms with Crippen molar-refractivity contribution in [1.29, 1.82) is 0 Å². The number of rotatable bonds is 3. The van der Waals surface area contributed by atoms with E-state index in [2.05, 4.69) is 15.7 Å². The van der Waals surface area contributed by atoms with Gasteiger partial charge in [-0.25, -0.2) is 9.18 Å². The molecular weight excluding hydrogens is 335 g/mol. The number of anilines is 1. The molecule has 7 heteroatoms. The average molecular weight is 358 g/mol. The quantitative estimate of drug-likeness (QED) is 0.712. The second-order valence-electron chi connectivity index (χ2n) is 7.40. The molecule has 0 aliphatic heterocycles. The van der Waals surface area contributed by atoms with Crippen LogP contribution in [0.25, 0.3) is 11.0 Å². The summed E-state index contributed by atoms with van der Waals surface area (Å²) in [4.78, 5) is 12.3. The van der Waals surface area contributed by atoms with Gasteiger partial charge in [0.15, 0.2) is 0 Å². The number of urea groups is 1. The second-order valence-corrected chi connectivity index (χ2v) is 7.40. The Bertz CT molecular complexity index is 952. The minimum atomic E-state index is -0.372. The fourth-order valence-electron chi connectivity index (χ4n) is 2.81. The first-order valence-corrected chi connectivity index (χ1v) is 8.46. The summed E-state index contributed by atoms with van der Waals surface area (Å²) in [5, 5.41) is 10.6. The Morgan fingerprint density at radius 1 is 1.35 bits per heavy atom. The van der Waals surface area contributed by atoms with E-state index < -0.39 is 0 Å². The van der Waals surface area contributed by atoms with Crippen molar-refractivity contribution in [3.8, 4) is 0 Å². The van der Waals surface area contributed by atoms with Gasteiger partial charge in [-0.05, 0) is 52.8 Å². The highest BCUT2D eigenvalue weighted by Crippen LogP contribution is 2.30. The molecule has 3 aromatic rings. The zero-order valence-electron chi connectivity index (χ0n) is 15.6. The molecule has 138 valence electrons. The van der Waals surface area contributed by atoms with Crippen molar-refractivity contribution in [2.24, 2.45) is 0 Å². The van der Waals surface area contributed by atoms with Gasteiger partial charge in [-0.3, -0.25) is 4.68 Å². The summed E-state index contributed by atoms with van der Waals surface area (Å²) in [6.07, 6.45) is 3.38. The molecule has 2 heterocycles. The number of carbonyl (C=O) groups excluding carboxylic acids is 1. The topological polar surface area (TPSA) is 72.1 Å². The summed E-state index contributed by atoms with van der Waals surface area (Å²) in [5.41, 5.74) is 1.85. The molecule has 0 saturated carbocycles. The SMILES string of the molecule is Cc1c(C(C)NC(=O)Nc2cnn(C(C)(C)C)c2)oc2ccc(F)cc12. The first-order valence-electron chi connectivity index (χ1n) is 8.46. The number of furan rings is 1. The van der Waals surface area contributed by atoms with Gasteiger partial charge in [0.1, 0.15) is 17.2 Å². The van der Waals surface area contributed by atoms with E-state index in [4.69, 9.17) is 4.42 Å². The monoisotopic (exact) mass is 358 g/mol. The van der Waals surface area contributed by atoms with Gasteiger partial charge >= 0.3 is 6.03 Å². The van der Waals surface area contributed by atoms with Crippen LogP contribution in [-0.4, -0.2) is 15.8 Å². The van der Waals surface area contributed by atoms with E-state index in [0.717, 1.165) is 5.56 Å². The molecule has 0 saturated heterocycles. The van der Waals surface area contributed by atoms with E-state index in [1.807, 2.05) is 34.6 Å². The number of nitrogens with zero attached hydrogens (tertiary/aromatic N) is 2. The molecule has 1 unspecified atom stereocenters. The van der Waals surface area contributed by atoms with E-state index in [1.165, 1.54) is 12.1 Å². The Hall–Kier alpha value is -2.83. The predicted octanol–water partition coefficient (Wildman–Crippen LogP) is 4.71. The lowest BCUT2D eigenvalue weighted by atomic mass is 10.1. The standard InChI is InChI=1S/C19H23FN4O2/c1-11-15-8-13(20)6-7-16(15)26-17(11)12(2)22-18(25)23-14-9-21-24(10-14)19(3,4)5/h6-10,12H,1-5H3,(H2,22,23,25). The summed E-state index contributed by atoms with van der Waals surface area (Å²) in [6, 6.07) is 3.65. The smallest absolute Gasteiger partial charge is 0.319 e. The zero-order chi connectivity index (χ0) is 19.1. The number of aromatic nitrogens is 2. The summed E-state index contributed by atoms with van der Waals surface area (Å²) in [6.45, 7) is 9.75. The molecule has 2 aromatic heterocycles. The molecule has 2 amide bonds. The van der Waals surface area contributed by atoms with Crippen LogP contribution in [0.3, 0.4) is 0 Å². The minimum Gasteiger partial charge on any atom is -0.459 e. The van der Waals surface area contributed by atoms with Gasteiger partial charge < -0.3 is 15.1 Å². The van der Waals surface area contributed by atoms with Crippen LogP contribution < -0.4 is 10.6 Å². The number of hydrogen-bond acceptors (Lipinski definition) is 3. The first kappa shape index (κ1) is 18.0. The van der Waals surface area contributed by atoms with Crippen LogP contribution in [0.1, 0.15) is 45.1 Å². The Labute approximate surface area is 151 Å². The van der Waals surface area contributed by atoms with Gasteiger partial charge in [-0.15, -0.1) is 0 Å². The van der Waals surface area contributed by atoms with Crippen molar-refractivity contribution in [3.63, 3.8) is 0 Å². The van der Waals surface area contributed by atoms with Crippen molar-refractivity contribution < 1.29 is 13.6 Å². The molecule has 0 spiro atoms. The van der Waals surface area contributed by atoms with Crippen LogP contribution in [0.4, 0.5) is 14.9 Å². The zero-order valence-corrected chi connectivity index (χ0v) is 15.6. The van der Waals surface area contributed by atoms with Crippen LogP contribution in [0.15, 0.2) is 35.0 Å². The number of benzene rings is 1. The summed E-state index contributed by atoms with van der Waals surface area (Å²) >= 11 is 0. The highest BCUT2D eigenvalue weighted by Gasteiger charge is 2.20. The fraction of sp³-hybridized carbons (Fsp3) is 0.368. The van der Waals surface area contributed by atoms with Crippen LogP contribution in [0.5, 0.6) is 0 Å². The lowest BCUT2D eigenvalue weighted by Crippen LogP contribution is -2.31. The largest absolute Gasteiger partial charge is 0.459 e. The fourth-order valence-corrected chi connectivity index (χ4v) is 2.81. The van der Waals surface area contributed by atoms with Crippen LogP contribution >= 0.6 is 0 Å². The predicted molar refractivity (Wildman–Crippen MR) is 98.7 cm³/mol. The number of nitrogens with one attached hydrogen (secondary N) is 2. The van der Waals surface area contributed by atoms with Gasteiger partial charge in [0.05, 0.1) is 23.5 Å². The van der Waals surface area contributed by atoms with Crippen molar-refractivity contribution >= 4 is 22.7 Å². The number of aryl methyl sites for hydroxylation is 1. The van der Waals surface area contributed by atoms with Gasteiger partial charge in [0.25, 0.3) is 0 Å². The van der Waals surface area contributed by atoms with Gasteiger partial charge in [0, 0.05) is 17.1 Å². The van der Waals surface area contributed by atoms with E-state index in [9.17, 15) is 9.18 Å². The molecule has 0 aliphatic rings. The molecule has 3 rings (SSSR count). The molecule has 0 bridgehead atoms. The lowest BCUT2D eigenvalue weighted by molar-refractivity contribution is 0.248. The van der Waals surface area contributed by atoms with Crippen LogP contribution in [0, 0.1) is 12.7 Å². The van der Waals surface area contributed by atoms with Crippen molar-refractivity contribution in [1.82, 2.24) is 15.1 Å². The third-order valence-corrected chi connectivity index (χ3v) is 4.20. The molecule has 0 fully saturated rings. The number of hydrogen-bond donors (Lipinski definition) is 2. The van der Waals surface area contributed by atoms with E-state index in [0.29, 0.717) is 22.4 Å². The van der Waals surface area contributed by atoms with Crippen LogP contribution in [-0.2, 0) is 5.54 Å². The summed E-state index contributed by atoms with van der Waals surface area (Å²) in [5.74, 6) is 0.285. The molecule has 0 radical (unpaired) electrons. The Kier molecular flexibility index (Phi) is 4.48. The maximum Gasteiger partial charge on any atom is 0.319 e. The Balaban J connectivity index is 1.71. The molecule has 1 aromatic carbocycles. The maximum absolute atomic E-state index is 13.4.